The van der Waals surface area contributed by atoms with E-state index in [4.69, 9.17) is 4.74 Å². The molecule has 2 atom stereocenters. The number of nitrogens with zero attached hydrogens (tertiary/aromatic N) is 3. The highest BCUT2D eigenvalue weighted by molar-refractivity contribution is 7.99. The number of hydrogen-bond acceptors (Lipinski definition) is 4. The Kier molecular flexibility index (Phi) is 2.80. The Balaban J connectivity index is 1.50. The molecule has 0 aromatic carbocycles. The van der Waals surface area contributed by atoms with E-state index >= 15 is 0 Å². The highest BCUT2D eigenvalue weighted by Gasteiger charge is 2.73. The molecule has 5 heteroatoms. The maximum absolute atomic E-state index is 6.14. The topological polar surface area (TPSA) is 39.9 Å². The van der Waals surface area contributed by atoms with Crippen LogP contribution in [-0.4, -0.2) is 32.7 Å². The molecule has 0 N–H and O–H groups in total. The van der Waals surface area contributed by atoms with Gasteiger partial charge in [-0.05, 0) is 38.5 Å². The van der Waals surface area contributed by atoms with Crippen LogP contribution in [0.25, 0.3) is 0 Å². The van der Waals surface area contributed by atoms with E-state index in [1.807, 2.05) is 24.8 Å². The maximum Gasteiger partial charge on any atom is 0.191 e. The summed E-state index contributed by atoms with van der Waals surface area (Å²) in [4.78, 5) is 0. The summed E-state index contributed by atoms with van der Waals surface area (Å²) in [6.07, 6.45) is 7.13. The second-order valence-corrected chi connectivity index (χ2v) is 7.38. The lowest BCUT2D eigenvalue weighted by Gasteiger charge is -2.45. The predicted octanol–water partition coefficient (Wildman–Crippen LogP) is 2.82. The number of hydrogen-bond donors (Lipinski definition) is 0. The zero-order valence-corrected chi connectivity index (χ0v) is 12.8. The van der Waals surface area contributed by atoms with E-state index in [9.17, 15) is 0 Å². The predicted molar refractivity (Wildman–Crippen MR) is 78.8 cm³/mol. The highest BCUT2D eigenvalue weighted by atomic mass is 32.2. The Labute approximate surface area is 124 Å². The molecule has 0 radical (unpaired) electrons. The maximum atomic E-state index is 6.14. The van der Waals surface area contributed by atoms with Gasteiger partial charge in [-0.3, -0.25) is 0 Å². The smallest absolute Gasteiger partial charge is 0.191 e. The largest absolute Gasteiger partial charge is 0.374 e. The summed E-state index contributed by atoms with van der Waals surface area (Å²) in [5.41, 5.74) is 0.664. The first-order valence-corrected chi connectivity index (χ1v) is 8.47. The van der Waals surface area contributed by atoms with E-state index < -0.39 is 0 Å². The fourth-order valence-electron chi connectivity index (χ4n) is 4.01. The van der Waals surface area contributed by atoms with E-state index in [0.717, 1.165) is 35.8 Å². The third-order valence-corrected chi connectivity index (χ3v) is 6.75. The molecule has 3 fully saturated rings. The van der Waals surface area contributed by atoms with E-state index in [2.05, 4.69) is 21.3 Å². The fourth-order valence-corrected chi connectivity index (χ4v) is 5.47. The second kappa shape index (κ2) is 4.34. The first-order chi connectivity index (χ1) is 9.71. The van der Waals surface area contributed by atoms with Gasteiger partial charge in [0.15, 0.2) is 5.16 Å². The number of thioether (sulfide) groups is 1. The van der Waals surface area contributed by atoms with Gasteiger partial charge in [0.2, 0.25) is 0 Å². The zero-order valence-electron chi connectivity index (χ0n) is 12.0. The lowest BCUT2D eigenvalue weighted by atomic mass is 9.69. The van der Waals surface area contributed by atoms with Gasteiger partial charge in [0.05, 0.1) is 12.2 Å². The summed E-state index contributed by atoms with van der Waals surface area (Å²) >= 11 is 1.86. The van der Waals surface area contributed by atoms with Crippen LogP contribution in [0.2, 0.25) is 0 Å². The molecule has 108 valence electrons. The molecule has 0 unspecified atom stereocenters. The summed E-state index contributed by atoms with van der Waals surface area (Å²) in [6.45, 7) is 7.60. The van der Waals surface area contributed by atoms with Gasteiger partial charge in [0.1, 0.15) is 5.82 Å². The summed E-state index contributed by atoms with van der Waals surface area (Å²) in [6, 6.07) is 0. The van der Waals surface area contributed by atoms with Crippen LogP contribution in [0.15, 0.2) is 17.8 Å². The van der Waals surface area contributed by atoms with Crippen LogP contribution in [-0.2, 0) is 11.3 Å². The molecular formula is C15H21N3OS. The molecular weight excluding hydrogens is 270 g/mol. The number of ether oxygens (including phenoxy) is 1. The van der Waals surface area contributed by atoms with Crippen molar-refractivity contribution in [2.24, 2.45) is 11.3 Å². The number of aryl methyl sites for hydroxylation is 1. The van der Waals surface area contributed by atoms with Gasteiger partial charge in [-0.2, -0.15) is 0 Å². The Morgan fingerprint density at radius 1 is 1.50 bits per heavy atom. The van der Waals surface area contributed by atoms with Crippen molar-refractivity contribution in [1.29, 1.82) is 0 Å². The average Bonchev–Trinajstić information content (AvgIpc) is 2.86. The van der Waals surface area contributed by atoms with E-state index in [-0.39, 0.29) is 5.60 Å². The van der Waals surface area contributed by atoms with Crippen molar-refractivity contribution < 1.29 is 4.74 Å². The molecule has 4 nitrogen and oxygen atoms in total. The highest BCUT2D eigenvalue weighted by Crippen LogP contribution is 2.72. The molecule has 1 saturated heterocycles. The first-order valence-electron chi connectivity index (χ1n) is 7.48. The minimum absolute atomic E-state index is 0.225. The minimum atomic E-state index is 0.225. The minimum Gasteiger partial charge on any atom is -0.374 e. The van der Waals surface area contributed by atoms with Crippen molar-refractivity contribution >= 4 is 11.8 Å². The Bertz CT molecular complexity index is 551. The van der Waals surface area contributed by atoms with Crippen LogP contribution in [0.4, 0.5) is 0 Å². The molecule has 1 aliphatic heterocycles. The number of allylic oxidation sites excluding steroid dienone is 1. The molecule has 1 spiro atoms. The second-order valence-electron chi connectivity index (χ2n) is 6.43. The third kappa shape index (κ3) is 1.59. The lowest BCUT2D eigenvalue weighted by molar-refractivity contribution is -0.105. The van der Waals surface area contributed by atoms with E-state index in [1.54, 1.807) is 0 Å². The molecule has 0 bridgehead atoms. The van der Waals surface area contributed by atoms with Crippen LogP contribution in [0.3, 0.4) is 0 Å². The summed E-state index contributed by atoms with van der Waals surface area (Å²) in [7, 11) is 0. The van der Waals surface area contributed by atoms with Gasteiger partial charge >= 0.3 is 0 Å². The van der Waals surface area contributed by atoms with Crippen molar-refractivity contribution in [3.05, 3.63) is 18.5 Å². The Morgan fingerprint density at radius 3 is 3.00 bits per heavy atom. The molecule has 2 heterocycles. The van der Waals surface area contributed by atoms with Gasteiger partial charge in [0.25, 0.3) is 0 Å². The summed E-state index contributed by atoms with van der Waals surface area (Å²) in [5.74, 6) is 2.90. The number of rotatable bonds is 5. The summed E-state index contributed by atoms with van der Waals surface area (Å²) < 4.78 is 8.29. The van der Waals surface area contributed by atoms with Crippen molar-refractivity contribution in [3.63, 3.8) is 0 Å². The number of aromatic nitrogens is 3. The molecule has 20 heavy (non-hydrogen) atoms. The van der Waals surface area contributed by atoms with Crippen molar-refractivity contribution in [2.45, 2.75) is 49.9 Å². The van der Waals surface area contributed by atoms with Crippen molar-refractivity contribution in [2.75, 3.05) is 12.4 Å². The monoisotopic (exact) mass is 291 g/mol. The Hall–Kier alpha value is -0.810. The van der Waals surface area contributed by atoms with Gasteiger partial charge in [-0.15, -0.1) is 16.8 Å². The van der Waals surface area contributed by atoms with Gasteiger partial charge in [-0.1, -0.05) is 17.8 Å². The van der Waals surface area contributed by atoms with Crippen LogP contribution in [0, 0.1) is 18.3 Å². The third-order valence-electron chi connectivity index (χ3n) is 5.53. The first kappa shape index (κ1) is 12.9. The van der Waals surface area contributed by atoms with Gasteiger partial charge in [0, 0.05) is 17.7 Å². The van der Waals surface area contributed by atoms with Crippen LogP contribution >= 0.6 is 11.8 Å². The van der Waals surface area contributed by atoms with Crippen molar-refractivity contribution in [1.82, 2.24) is 14.8 Å². The average molecular weight is 291 g/mol. The number of fused-ring (bicyclic) bond motifs is 2. The van der Waals surface area contributed by atoms with Crippen LogP contribution < -0.4 is 0 Å². The normalized spacial score (nSPS) is 33.0. The Morgan fingerprint density at radius 2 is 2.35 bits per heavy atom. The fraction of sp³-hybridized carbons (Fsp3) is 0.733. The summed E-state index contributed by atoms with van der Waals surface area (Å²) in [5, 5.41) is 9.56. The zero-order chi connectivity index (χ0) is 13.8. The van der Waals surface area contributed by atoms with Gasteiger partial charge < -0.3 is 9.30 Å². The van der Waals surface area contributed by atoms with Crippen LogP contribution in [0.5, 0.6) is 0 Å². The standard InChI is InChI=1S/C15H21N3OS/c1-3-7-18-11(2)16-17-13(18)20-10-14-8-12(14)9-19-15(14)5-4-6-15/h3,12H,1,4-10H2,2H3/t12-,14+/m0/s1. The molecule has 3 aliphatic rings. The lowest BCUT2D eigenvalue weighted by Crippen LogP contribution is -2.47. The molecule has 0 amide bonds. The van der Waals surface area contributed by atoms with Gasteiger partial charge in [-0.25, -0.2) is 0 Å². The molecule has 4 rings (SSSR count). The van der Waals surface area contributed by atoms with E-state index in [1.165, 1.54) is 25.7 Å². The SMILES string of the molecule is C=CCn1c(C)nnc1SC[C@]12C[C@H]1COC21CCC1. The van der Waals surface area contributed by atoms with Crippen molar-refractivity contribution in [3.8, 4) is 0 Å². The molecule has 1 aromatic rings. The molecule has 1 aromatic heterocycles. The quantitative estimate of drug-likeness (QED) is 0.618. The van der Waals surface area contributed by atoms with E-state index in [0.29, 0.717) is 5.41 Å². The van der Waals surface area contributed by atoms with Crippen LogP contribution in [0.1, 0.15) is 31.5 Å². The molecule has 2 aliphatic carbocycles. The molecule has 2 saturated carbocycles.